The molecular formula is C10H9F4NO2. The van der Waals surface area contributed by atoms with Gasteiger partial charge in [0.2, 0.25) is 0 Å². The number of rotatable bonds is 2. The monoisotopic (exact) mass is 251 g/mol. The number of hydrogen-bond acceptors (Lipinski definition) is 2. The van der Waals surface area contributed by atoms with Gasteiger partial charge in [0.1, 0.15) is 23.7 Å². The van der Waals surface area contributed by atoms with Crippen LogP contribution in [0.2, 0.25) is 0 Å². The zero-order valence-corrected chi connectivity index (χ0v) is 8.75. The SMILES string of the molecule is CN(CC(F)(F)F)C(=O)c1c(O)cccc1F. The number of phenols is 1. The van der Waals surface area contributed by atoms with Gasteiger partial charge in [-0.25, -0.2) is 4.39 Å². The van der Waals surface area contributed by atoms with E-state index in [1.807, 2.05) is 0 Å². The molecule has 0 radical (unpaired) electrons. The first-order valence-electron chi connectivity index (χ1n) is 4.52. The van der Waals surface area contributed by atoms with E-state index in [2.05, 4.69) is 0 Å². The van der Waals surface area contributed by atoms with Crippen LogP contribution < -0.4 is 0 Å². The maximum atomic E-state index is 13.2. The first-order valence-corrected chi connectivity index (χ1v) is 4.52. The van der Waals surface area contributed by atoms with E-state index < -0.39 is 35.8 Å². The fraction of sp³-hybridized carbons (Fsp3) is 0.300. The van der Waals surface area contributed by atoms with Crippen LogP contribution in [0.25, 0.3) is 0 Å². The number of phenolic OH excluding ortho intramolecular Hbond substituents is 1. The van der Waals surface area contributed by atoms with E-state index in [-0.39, 0.29) is 4.90 Å². The molecule has 0 spiro atoms. The molecule has 0 fully saturated rings. The normalized spacial score (nSPS) is 11.4. The highest BCUT2D eigenvalue weighted by Gasteiger charge is 2.32. The summed E-state index contributed by atoms with van der Waals surface area (Å²) in [5.74, 6) is -2.98. The second kappa shape index (κ2) is 4.60. The highest BCUT2D eigenvalue weighted by molar-refractivity contribution is 5.96. The van der Waals surface area contributed by atoms with E-state index in [9.17, 15) is 27.5 Å². The maximum absolute atomic E-state index is 13.2. The van der Waals surface area contributed by atoms with Crippen LogP contribution in [0.1, 0.15) is 10.4 Å². The van der Waals surface area contributed by atoms with Crippen LogP contribution in [-0.4, -0.2) is 35.7 Å². The molecule has 3 nitrogen and oxygen atoms in total. The third-order valence-electron chi connectivity index (χ3n) is 1.97. The van der Waals surface area contributed by atoms with Crippen molar-refractivity contribution in [3.8, 4) is 5.75 Å². The minimum Gasteiger partial charge on any atom is -0.507 e. The Morgan fingerprint density at radius 1 is 1.41 bits per heavy atom. The molecule has 0 saturated carbocycles. The first-order chi connectivity index (χ1) is 7.72. The zero-order chi connectivity index (χ0) is 13.2. The number of carbonyl (C=O) groups is 1. The van der Waals surface area contributed by atoms with Crippen molar-refractivity contribution in [2.24, 2.45) is 0 Å². The van der Waals surface area contributed by atoms with Crippen molar-refractivity contribution >= 4 is 5.91 Å². The van der Waals surface area contributed by atoms with Gasteiger partial charge in [-0.1, -0.05) is 6.07 Å². The maximum Gasteiger partial charge on any atom is 0.406 e. The molecule has 1 aromatic carbocycles. The lowest BCUT2D eigenvalue weighted by Crippen LogP contribution is -2.36. The van der Waals surface area contributed by atoms with Crippen LogP contribution >= 0.6 is 0 Å². The molecule has 0 aromatic heterocycles. The average Bonchev–Trinajstić information content (AvgIpc) is 2.14. The Labute approximate surface area is 94.3 Å². The van der Waals surface area contributed by atoms with Gasteiger partial charge in [-0.05, 0) is 12.1 Å². The summed E-state index contributed by atoms with van der Waals surface area (Å²) in [6.07, 6.45) is -4.58. The summed E-state index contributed by atoms with van der Waals surface area (Å²) in [4.78, 5) is 11.8. The predicted octanol–water partition coefficient (Wildman–Crippen LogP) is 2.17. The second-order valence-corrected chi connectivity index (χ2v) is 3.41. The lowest BCUT2D eigenvalue weighted by atomic mass is 10.1. The van der Waals surface area contributed by atoms with Crippen LogP contribution in [0.4, 0.5) is 17.6 Å². The molecule has 1 amide bonds. The number of nitrogens with zero attached hydrogens (tertiary/aromatic N) is 1. The molecule has 0 bridgehead atoms. The van der Waals surface area contributed by atoms with Crippen molar-refractivity contribution < 1.29 is 27.5 Å². The van der Waals surface area contributed by atoms with Gasteiger partial charge in [-0.2, -0.15) is 13.2 Å². The summed E-state index contributed by atoms with van der Waals surface area (Å²) < 4.78 is 49.3. The highest BCUT2D eigenvalue weighted by atomic mass is 19.4. The van der Waals surface area contributed by atoms with E-state index in [1.54, 1.807) is 0 Å². The Bertz CT molecular complexity index is 411. The van der Waals surface area contributed by atoms with Crippen molar-refractivity contribution in [2.45, 2.75) is 6.18 Å². The zero-order valence-electron chi connectivity index (χ0n) is 8.75. The van der Waals surface area contributed by atoms with Gasteiger partial charge in [0, 0.05) is 7.05 Å². The number of carbonyl (C=O) groups excluding carboxylic acids is 1. The van der Waals surface area contributed by atoms with Crippen molar-refractivity contribution in [1.82, 2.24) is 4.90 Å². The minimum absolute atomic E-state index is 0.290. The van der Waals surface area contributed by atoms with Gasteiger partial charge >= 0.3 is 6.18 Å². The Morgan fingerprint density at radius 3 is 2.47 bits per heavy atom. The van der Waals surface area contributed by atoms with Crippen LogP contribution in [-0.2, 0) is 0 Å². The Kier molecular flexibility index (Phi) is 3.59. The van der Waals surface area contributed by atoms with Crippen molar-refractivity contribution in [3.05, 3.63) is 29.6 Å². The summed E-state index contributed by atoms with van der Waals surface area (Å²) in [5, 5.41) is 9.24. The molecule has 1 rings (SSSR count). The number of alkyl halides is 3. The molecule has 7 heteroatoms. The molecule has 0 atom stereocenters. The summed E-state index contributed by atoms with van der Waals surface area (Å²) in [7, 11) is 0.877. The van der Waals surface area contributed by atoms with E-state index in [4.69, 9.17) is 0 Å². The summed E-state index contributed by atoms with van der Waals surface area (Å²) in [6.45, 7) is -1.51. The Morgan fingerprint density at radius 2 is 2.00 bits per heavy atom. The fourth-order valence-electron chi connectivity index (χ4n) is 1.26. The molecule has 0 aliphatic carbocycles. The van der Waals surface area contributed by atoms with E-state index in [1.165, 1.54) is 0 Å². The number of aromatic hydroxyl groups is 1. The van der Waals surface area contributed by atoms with Gasteiger partial charge in [0.05, 0.1) is 0 Å². The van der Waals surface area contributed by atoms with Crippen molar-refractivity contribution in [3.63, 3.8) is 0 Å². The van der Waals surface area contributed by atoms with E-state index in [0.717, 1.165) is 25.2 Å². The van der Waals surface area contributed by atoms with Gasteiger partial charge < -0.3 is 10.0 Å². The molecule has 0 aliphatic heterocycles. The van der Waals surface area contributed by atoms with Crippen LogP contribution in [0, 0.1) is 5.82 Å². The number of benzene rings is 1. The van der Waals surface area contributed by atoms with Gasteiger partial charge in [0.15, 0.2) is 0 Å². The Hall–Kier alpha value is -1.79. The van der Waals surface area contributed by atoms with E-state index in [0.29, 0.717) is 0 Å². The quantitative estimate of drug-likeness (QED) is 0.818. The third-order valence-corrected chi connectivity index (χ3v) is 1.97. The van der Waals surface area contributed by atoms with Gasteiger partial charge in [0.25, 0.3) is 5.91 Å². The molecule has 94 valence electrons. The Balaban J connectivity index is 2.97. The molecule has 1 N–H and O–H groups in total. The fourth-order valence-corrected chi connectivity index (χ4v) is 1.26. The van der Waals surface area contributed by atoms with Crippen molar-refractivity contribution in [2.75, 3.05) is 13.6 Å². The van der Waals surface area contributed by atoms with Crippen LogP contribution in [0.15, 0.2) is 18.2 Å². The highest BCUT2D eigenvalue weighted by Crippen LogP contribution is 2.23. The third kappa shape index (κ3) is 3.33. The molecule has 17 heavy (non-hydrogen) atoms. The second-order valence-electron chi connectivity index (χ2n) is 3.41. The standard InChI is InChI=1S/C10H9F4NO2/c1-15(5-10(12,13)14)9(17)8-6(11)3-2-4-7(8)16/h2-4,16H,5H2,1H3. The average molecular weight is 251 g/mol. The molecule has 0 aliphatic rings. The topological polar surface area (TPSA) is 40.5 Å². The largest absolute Gasteiger partial charge is 0.507 e. The molecule has 0 saturated heterocycles. The summed E-state index contributed by atoms with van der Waals surface area (Å²) >= 11 is 0. The summed E-state index contributed by atoms with van der Waals surface area (Å²) in [5.41, 5.74) is -0.765. The van der Waals surface area contributed by atoms with Crippen molar-refractivity contribution in [1.29, 1.82) is 0 Å². The number of amides is 1. The van der Waals surface area contributed by atoms with Crippen LogP contribution in [0.5, 0.6) is 5.75 Å². The predicted molar refractivity (Wildman–Crippen MR) is 51.1 cm³/mol. The summed E-state index contributed by atoms with van der Waals surface area (Å²) in [6, 6.07) is 3.05. The lowest BCUT2D eigenvalue weighted by molar-refractivity contribution is -0.138. The molecule has 1 aromatic rings. The van der Waals surface area contributed by atoms with Crippen LogP contribution in [0.3, 0.4) is 0 Å². The van der Waals surface area contributed by atoms with Gasteiger partial charge in [-0.15, -0.1) is 0 Å². The smallest absolute Gasteiger partial charge is 0.406 e. The minimum atomic E-state index is -4.58. The molecule has 0 heterocycles. The molecular weight excluding hydrogens is 242 g/mol. The lowest BCUT2D eigenvalue weighted by Gasteiger charge is -2.19. The number of halogens is 4. The van der Waals surface area contributed by atoms with Gasteiger partial charge in [-0.3, -0.25) is 4.79 Å². The molecule has 0 unspecified atom stereocenters. The van der Waals surface area contributed by atoms with E-state index >= 15 is 0 Å². The first kappa shape index (κ1) is 13.3. The number of hydrogen-bond donors (Lipinski definition) is 1.